The Morgan fingerprint density at radius 1 is 1.30 bits per heavy atom. The van der Waals surface area contributed by atoms with Crippen LogP contribution in [0, 0.1) is 6.92 Å². The number of methoxy groups -OCH3 is 1. The van der Waals surface area contributed by atoms with E-state index in [0.29, 0.717) is 23.5 Å². The Morgan fingerprint density at radius 2 is 1.96 bits per heavy atom. The van der Waals surface area contributed by atoms with E-state index < -0.39 is 11.9 Å². The fraction of sp³-hybridized carbons (Fsp3) is 0.333. The smallest absolute Gasteiger partial charge is 0.341 e. The highest BCUT2D eigenvalue weighted by Gasteiger charge is 2.28. The largest absolute Gasteiger partial charge is 0.465 e. The summed E-state index contributed by atoms with van der Waals surface area (Å²) >= 11 is 7.00. The molecule has 0 saturated heterocycles. The summed E-state index contributed by atoms with van der Waals surface area (Å²) in [5, 5.41) is 2.94. The van der Waals surface area contributed by atoms with Gasteiger partial charge in [-0.15, -0.1) is 11.3 Å². The molecule has 2 aromatic heterocycles. The average molecular weight is 410 g/mol. The summed E-state index contributed by atoms with van der Waals surface area (Å²) in [5.41, 5.74) is 0.792. The van der Waals surface area contributed by atoms with Crippen molar-refractivity contribution >= 4 is 45.7 Å². The molecule has 0 radical (unpaired) electrons. The fourth-order valence-electron chi connectivity index (χ4n) is 2.53. The fourth-order valence-corrected chi connectivity index (χ4v) is 3.90. The first kappa shape index (κ1) is 20.9. The van der Waals surface area contributed by atoms with E-state index in [4.69, 9.17) is 16.3 Å². The van der Waals surface area contributed by atoms with Gasteiger partial charge in [0, 0.05) is 19.3 Å². The number of pyridine rings is 1. The molecular formula is C18H20ClN3O4S. The molecule has 0 aromatic carbocycles. The van der Waals surface area contributed by atoms with E-state index in [1.807, 2.05) is 13.8 Å². The monoisotopic (exact) mass is 409 g/mol. The molecule has 27 heavy (non-hydrogen) atoms. The zero-order valence-corrected chi connectivity index (χ0v) is 17.0. The number of thiophene rings is 1. The van der Waals surface area contributed by atoms with E-state index in [-0.39, 0.29) is 27.2 Å². The van der Waals surface area contributed by atoms with Crippen LogP contribution in [-0.4, -0.2) is 47.9 Å². The Bertz CT molecular complexity index is 877. The predicted octanol–water partition coefficient (Wildman–Crippen LogP) is 3.63. The number of hydrogen-bond acceptors (Lipinski definition) is 6. The van der Waals surface area contributed by atoms with Crippen molar-refractivity contribution in [3.8, 4) is 0 Å². The van der Waals surface area contributed by atoms with Gasteiger partial charge < -0.3 is 15.0 Å². The number of ether oxygens (including phenoxy) is 1. The molecule has 2 heterocycles. The van der Waals surface area contributed by atoms with Gasteiger partial charge in [0.1, 0.15) is 10.2 Å². The first-order chi connectivity index (χ1) is 12.8. The summed E-state index contributed by atoms with van der Waals surface area (Å²) in [6, 6.07) is 3.10. The van der Waals surface area contributed by atoms with Gasteiger partial charge in [0.2, 0.25) is 0 Å². The van der Waals surface area contributed by atoms with Crippen molar-refractivity contribution in [2.45, 2.75) is 20.8 Å². The lowest BCUT2D eigenvalue weighted by molar-refractivity contribution is 0.0601. The van der Waals surface area contributed by atoms with E-state index in [1.54, 1.807) is 17.9 Å². The summed E-state index contributed by atoms with van der Waals surface area (Å²) < 4.78 is 4.83. The number of nitrogens with zero attached hydrogens (tertiary/aromatic N) is 2. The number of carbonyl (C=O) groups is 3. The van der Waals surface area contributed by atoms with E-state index in [9.17, 15) is 14.4 Å². The number of halogens is 1. The van der Waals surface area contributed by atoms with Gasteiger partial charge in [-0.25, -0.2) is 9.78 Å². The summed E-state index contributed by atoms with van der Waals surface area (Å²) in [5.74, 6) is -1.36. The van der Waals surface area contributed by atoms with Crippen LogP contribution in [0.4, 0.5) is 5.00 Å². The van der Waals surface area contributed by atoms with Gasteiger partial charge in [0.05, 0.1) is 23.1 Å². The molecule has 2 amide bonds. The average Bonchev–Trinajstić information content (AvgIpc) is 2.98. The Morgan fingerprint density at radius 3 is 2.52 bits per heavy atom. The molecule has 0 fully saturated rings. The second kappa shape index (κ2) is 8.96. The van der Waals surface area contributed by atoms with Gasteiger partial charge in [-0.05, 0) is 38.5 Å². The first-order valence-electron chi connectivity index (χ1n) is 8.28. The van der Waals surface area contributed by atoms with Crippen LogP contribution in [0.1, 0.15) is 49.8 Å². The van der Waals surface area contributed by atoms with Gasteiger partial charge in [0.15, 0.2) is 0 Å². The maximum Gasteiger partial charge on any atom is 0.341 e. The van der Waals surface area contributed by atoms with Crippen molar-refractivity contribution in [1.82, 2.24) is 9.88 Å². The molecule has 0 aliphatic carbocycles. The Labute approximate surface area is 166 Å². The lowest BCUT2D eigenvalue weighted by Gasteiger charge is -2.17. The van der Waals surface area contributed by atoms with Crippen molar-refractivity contribution in [3.63, 3.8) is 0 Å². The number of amides is 2. The number of esters is 1. The third-order valence-electron chi connectivity index (χ3n) is 4.01. The molecular weight excluding hydrogens is 390 g/mol. The molecule has 9 heteroatoms. The van der Waals surface area contributed by atoms with Crippen molar-refractivity contribution < 1.29 is 19.1 Å². The minimum atomic E-state index is -0.630. The molecule has 7 nitrogen and oxygen atoms in total. The van der Waals surface area contributed by atoms with Gasteiger partial charge in [-0.1, -0.05) is 11.6 Å². The molecule has 0 aliphatic heterocycles. The normalized spacial score (nSPS) is 10.4. The third kappa shape index (κ3) is 4.28. The van der Waals surface area contributed by atoms with Crippen LogP contribution < -0.4 is 5.32 Å². The Balaban J connectivity index is 2.47. The molecule has 2 rings (SSSR count). The topological polar surface area (TPSA) is 88.6 Å². The molecule has 2 aromatic rings. The van der Waals surface area contributed by atoms with Crippen molar-refractivity contribution in [3.05, 3.63) is 45.1 Å². The van der Waals surface area contributed by atoms with E-state index in [1.165, 1.54) is 19.4 Å². The first-order valence-corrected chi connectivity index (χ1v) is 9.47. The number of nitrogens with one attached hydrogen (secondary N) is 1. The molecule has 1 N–H and O–H groups in total. The second-order valence-electron chi connectivity index (χ2n) is 5.53. The zero-order chi connectivity index (χ0) is 20.1. The van der Waals surface area contributed by atoms with Crippen LogP contribution in [0.3, 0.4) is 0 Å². The predicted molar refractivity (Wildman–Crippen MR) is 105 cm³/mol. The maximum absolute atomic E-state index is 12.8. The van der Waals surface area contributed by atoms with Crippen LogP contribution in [0.15, 0.2) is 18.3 Å². The Hall–Kier alpha value is -2.45. The lowest BCUT2D eigenvalue weighted by atomic mass is 10.1. The summed E-state index contributed by atoms with van der Waals surface area (Å²) in [4.78, 5) is 43.5. The van der Waals surface area contributed by atoms with E-state index in [0.717, 1.165) is 11.3 Å². The van der Waals surface area contributed by atoms with Crippen LogP contribution in [0.2, 0.25) is 5.15 Å². The van der Waals surface area contributed by atoms with Gasteiger partial charge in [0.25, 0.3) is 11.8 Å². The molecule has 144 valence electrons. The number of rotatable bonds is 6. The van der Waals surface area contributed by atoms with Crippen molar-refractivity contribution in [2.75, 3.05) is 25.5 Å². The highest BCUT2D eigenvalue weighted by Crippen LogP contribution is 2.35. The summed E-state index contributed by atoms with van der Waals surface area (Å²) in [6.07, 6.45) is 1.47. The third-order valence-corrected chi connectivity index (χ3v) is 5.51. The molecule has 0 spiro atoms. The molecule has 0 saturated carbocycles. The van der Waals surface area contributed by atoms with Crippen molar-refractivity contribution in [1.29, 1.82) is 0 Å². The van der Waals surface area contributed by atoms with Crippen LogP contribution >= 0.6 is 22.9 Å². The number of carbonyl (C=O) groups excluding carboxylic acids is 3. The van der Waals surface area contributed by atoms with Gasteiger partial charge >= 0.3 is 5.97 Å². The van der Waals surface area contributed by atoms with Crippen molar-refractivity contribution in [2.24, 2.45) is 0 Å². The summed E-state index contributed by atoms with van der Waals surface area (Å²) in [7, 11) is 1.24. The minimum absolute atomic E-state index is 0.0438. The molecule has 0 atom stereocenters. The van der Waals surface area contributed by atoms with E-state index >= 15 is 0 Å². The molecule has 0 unspecified atom stereocenters. The summed E-state index contributed by atoms with van der Waals surface area (Å²) in [6.45, 7) is 6.48. The second-order valence-corrected chi connectivity index (χ2v) is 6.90. The highest BCUT2D eigenvalue weighted by molar-refractivity contribution is 7.18. The van der Waals surface area contributed by atoms with Crippen LogP contribution in [0.5, 0.6) is 0 Å². The SMILES string of the molecule is CCN(CC)C(=O)c1sc(NC(=O)c2cccnc2Cl)c(C(=O)OC)c1C. The zero-order valence-electron chi connectivity index (χ0n) is 15.5. The quantitative estimate of drug-likeness (QED) is 0.581. The lowest BCUT2D eigenvalue weighted by Crippen LogP contribution is -2.30. The standard InChI is InChI=1S/C18H20ClN3O4S/c1-5-22(6-2)17(24)13-10(3)12(18(25)26-4)16(27-13)21-15(23)11-8-7-9-20-14(11)19/h7-9H,5-6H2,1-4H3,(H,21,23). The van der Waals surface area contributed by atoms with Gasteiger partial charge in [-0.2, -0.15) is 0 Å². The Kier molecular flexibility index (Phi) is 6.92. The number of hydrogen-bond donors (Lipinski definition) is 1. The molecule has 0 bridgehead atoms. The highest BCUT2D eigenvalue weighted by atomic mass is 35.5. The van der Waals surface area contributed by atoms with Crippen LogP contribution in [-0.2, 0) is 4.74 Å². The van der Waals surface area contributed by atoms with Crippen LogP contribution in [0.25, 0.3) is 0 Å². The molecule has 0 aliphatic rings. The van der Waals surface area contributed by atoms with Gasteiger partial charge in [-0.3, -0.25) is 9.59 Å². The minimum Gasteiger partial charge on any atom is -0.465 e. The number of aromatic nitrogens is 1. The maximum atomic E-state index is 12.8. The van der Waals surface area contributed by atoms with E-state index in [2.05, 4.69) is 10.3 Å². The number of anilines is 1.